The summed E-state index contributed by atoms with van der Waals surface area (Å²) < 4.78 is 11.3. The fourth-order valence-corrected chi connectivity index (χ4v) is 1.63. The molecule has 0 bridgehead atoms. The van der Waals surface area contributed by atoms with Crippen LogP contribution in [0.2, 0.25) is 0 Å². The summed E-state index contributed by atoms with van der Waals surface area (Å²) in [7, 11) is 3.64. The summed E-state index contributed by atoms with van der Waals surface area (Å²) >= 11 is 0. The molecule has 0 saturated carbocycles. The largest absolute Gasteiger partial charge is 0.496 e. The summed E-state index contributed by atoms with van der Waals surface area (Å²) in [5.41, 5.74) is 2.25. The zero-order valence-electron chi connectivity index (χ0n) is 12.2. The first-order valence-corrected chi connectivity index (χ1v) is 6.46. The van der Waals surface area contributed by atoms with Crippen molar-refractivity contribution in [3.63, 3.8) is 0 Å². The number of benzene rings is 1. The van der Waals surface area contributed by atoms with E-state index in [0.717, 1.165) is 24.3 Å². The van der Waals surface area contributed by atoms with Crippen molar-refractivity contribution in [1.82, 2.24) is 5.32 Å². The number of methoxy groups -OCH3 is 1. The minimum atomic E-state index is -0.0932. The average molecular weight is 251 g/mol. The van der Waals surface area contributed by atoms with E-state index in [1.165, 1.54) is 5.56 Å². The van der Waals surface area contributed by atoms with Gasteiger partial charge in [-0.2, -0.15) is 0 Å². The second-order valence-corrected chi connectivity index (χ2v) is 5.08. The van der Waals surface area contributed by atoms with E-state index in [0.29, 0.717) is 6.61 Å². The van der Waals surface area contributed by atoms with Gasteiger partial charge in [0.1, 0.15) is 5.75 Å². The molecule has 0 unspecified atom stereocenters. The molecular formula is C15H25NO2. The molecule has 1 aromatic rings. The van der Waals surface area contributed by atoms with Gasteiger partial charge in [0, 0.05) is 12.1 Å². The molecule has 3 heteroatoms. The molecule has 0 aliphatic heterocycles. The number of rotatable bonds is 7. The lowest BCUT2D eigenvalue weighted by Gasteiger charge is -2.24. The van der Waals surface area contributed by atoms with E-state index in [1.807, 2.05) is 13.1 Å². The number of nitrogens with one attached hydrogen (secondary N) is 1. The molecule has 0 heterocycles. The molecule has 0 fully saturated rings. The highest BCUT2D eigenvalue weighted by molar-refractivity contribution is 5.36. The molecular weight excluding hydrogens is 226 g/mol. The second-order valence-electron chi connectivity index (χ2n) is 5.08. The van der Waals surface area contributed by atoms with Gasteiger partial charge in [0.05, 0.1) is 19.3 Å². The zero-order chi connectivity index (χ0) is 13.6. The Balaban J connectivity index is 2.81. The molecule has 1 N–H and O–H groups in total. The highest BCUT2D eigenvalue weighted by Gasteiger charge is 2.16. The topological polar surface area (TPSA) is 30.5 Å². The zero-order valence-corrected chi connectivity index (χ0v) is 12.2. The smallest absolute Gasteiger partial charge is 0.124 e. The number of ether oxygens (including phenoxy) is 2. The van der Waals surface area contributed by atoms with Gasteiger partial charge in [-0.3, -0.25) is 0 Å². The van der Waals surface area contributed by atoms with Crippen molar-refractivity contribution in [2.45, 2.75) is 45.9 Å². The third-order valence-electron chi connectivity index (χ3n) is 3.20. The van der Waals surface area contributed by atoms with Gasteiger partial charge in [-0.1, -0.05) is 13.0 Å². The summed E-state index contributed by atoms with van der Waals surface area (Å²) in [5, 5.41) is 3.15. The van der Waals surface area contributed by atoms with Crippen LogP contribution < -0.4 is 10.1 Å². The van der Waals surface area contributed by atoms with Crippen LogP contribution in [0, 0.1) is 0 Å². The lowest BCUT2D eigenvalue weighted by atomic mass is 10.1. The lowest BCUT2D eigenvalue weighted by Crippen LogP contribution is -2.22. The molecule has 1 rings (SSSR count). The molecule has 0 saturated heterocycles. The molecule has 0 aromatic heterocycles. The monoisotopic (exact) mass is 251 g/mol. The van der Waals surface area contributed by atoms with E-state index in [9.17, 15) is 0 Å². The summed E-state index contributed by atoms with van der Waals surface area (Å²) in [4.78, 5) is 0. The Morgan fingerprint density at radius 3 is 2.56 bits per heavy atom. The van der Waals surface area contributed by atoms with Crippen LogP contribution in [0.15, 0.2) is 18.2 Å². The van der Waals surface area contributed by atoms with Gasteiger partial charge in [-0.15, -0.1) is 0 Å². The van der Waals surface area contributed by atoms with E-state index >= 15 is 0 Å². The van der Waals surface area contributed by atoms with Crippen LogP contribution in [0.1, 0.15) is 38.3 Å². The summed E-state index contributed by atoms with van der Waals surface area (Å²) in [6.45, 7) is 7.79. The normalized spacial score (nSPS) is 11.6. The van der Waals surface area contributed by atoms with Gasteiger partial charge < -0.3 is 14.8 Å². The molecule has 0 spiro atoms. The quantitative estimate of drug-likeness (QED) is 0.807. The summed E-state index contributed by atoms with van der Waals surface area (Å²) in [5.74, 6) is 0.891. The van der Waals surface area contributed by atoms with Gasteiger partial charge >= 0.3 is 0 Å². The van der Waals surface area contributed by atoms with Crippen molar-refractivity contribution in [1.29, 1.82) is 0 Å². The van der Waals surface area contributed by atoms with Crippen LogP contribution in [-0.2, 0) is 17.9 Å². The van der Waals surface area contributed by atoms with Gasteiger partial charge in [-0.25, -0.2) is 0 Å². The fourth-order valence-electron chi connectivity index (χ4n) is 1.63. The predicted molar refractivity (Wildman–Crippen MR) is 74.9 cm³/mol. The first-order chi connectivity index (χ1) is 8.52. The average Bonchev–Trinajstić information content (AvgIpc) is 2.37. The van der Waals surface area contributed by atoms with Crippen LogP contribution in [0.5, 0.6) is 5.75 Å². The molecule has 0 radical (unpaired) electrons. The predicted octanol–water partition coefficient (Wildman–Crippen LogP) is 3.12. The van der Waals surface area contributed by atoms with Crippen LogP contribution in [0.3, 0.4) is 0 Å². The highest BCUT2D eigenvalue weighted by Crippen LogP contribution is 2.24. The van der Waals surface area contributed by atoms with Crippen LogP contribution >= 0.6 is 0 Å². The van der Waals surface area contributed by atoms with Crippen molar-refractivity contribution < 1.29 is 9.47 Å². The minimum Gasteiger partial charge on any atom is -0.496 e. The van der Waals surface area contributed by atoms with Crippen LogP contribution in [0.4, 0.5) is 0 Å². The molecule has 0 aliphatic rings. The molecule has 0 aliphatic carbocycles. The van der Waals surface area contributed by atoms with Crippen LogP contribution in [-0.4, -0.2) is 19.8 Å². The van der Waals surface area contributed by atoms with E-state index in [4.69, 9.17) is 9.47 Å². The van der Waals surface area contributed by atoms with Crippen molar-refractivity contribution >= 4 is 0 Å². The Bertz CT molecular complexity index is 375. The van der Waals surface area contributed by atoms with Gasteiger partial charge in [0.15, 0.2) is 0 Å². The molecule has 3 nitrogen and oxygen atoms in total. The maximum absolute atomic E-state index is 5.94. The number of hydrogen-bond acceptors (Lipinski definition) is 3. The lowest BCUT2D eigenvalue weighted by molar-refractivity contribution is -0.0322. The first kappa shape index (κ1) is 15.0. The minimum absolute atomic E-state index is 0.0932. The third kappa shape index (κ3) is 4.31. The third-order valence-corrected chi connectivity index (χ3v) is 3.20. The Labute approximate surface area is 110 Å². The van der Waals surface area contributed by atoms with Gasteiger partial charge in [0.25, 0.3) is 0 Å². The molecule has 18 heavy (non-hydrogen) atoms. The van der Waals surface area contributed by atoms with E-state index < -0.39 is 0 Å². The van der Waals surface area contributed by atoms with Gasteiger partial charge in [0.2, 0.25) is 0 Å². The van der Waals surface area contributed by atoms with Crippen molar-refractivity contribution in [3.8, 4) is 5.75 Å². The van der Waals surface area contributed by atoms with E-state index in [2.05, 4.69) is 38.2 Å². The Morgan fingerprint density at radius 2 is 2.00 bits per heavy atom. The fraction of sp³-hybridized carbons (Fsp3) is 0.600. The summed E-state index contributed by atoms with van der Waals surface area (Å²) in [6.07, 6.45) is 0.992. The van der Waals surface area contributed by atoms with Crippen molar-refractivity contribution in [2.75, 3.05) is 14.2 Å². The molecule has 102 valence electrons. The Hall–Kier alpha value is -1.06. The van der Waals surface area contributed by atoms with E-state index in [1.54, 1.807) is 7.11 Å². The van der Waals surface area contributed by atoms with Crippen molar-refractivity contribution in [2.24, 2.45) is 0 Å². The Morgan fingerprint density at radius 1 is 1.28 bits per heavy atom. The maximum Gasteiger partial charge on any atom is 0.124 e. The summed E-state index contributed by atoms with van der Waals surface area (Å²) in [6, 6.07) is 6.22. The molecule has 0 amide bonds. The van der Waals surface area contributed by atoms with Crippen molar-refractivity contribution in [3.05, 3.63) is 29.3 Å². The SMILES string of the molecule is CCC(C)(C)OCc1cc(CNC)ccc1OC. The maximum atomic E-state index is 5.94. The first-order valence-electron chi connectivity index (χ1n) is 6.46. The highest BCUT2D eigenvalue weighted by atomic mass is 16.5. The number of hydrogen-bond donors (Lipinski definition) is 1. The standard InChI is InChI=1S/C15H25NO2/c1-6-15(2,3)18-11-13-9-12(10-16-4)7-8-14(13)17-5/h7-9,16H,6,10-11H2,1-5H3. The second kappa shape index (κ2) is 6.76. The Kier molecular flexibility index (Phi) is 5.63. The van der Waals surface area contributed by atoms with E-state index in [-0.39, 0.29) is 5.60 Å². The molecule has 0 atom stereocenters. The van der Waals surface area contributed by atoms with Crippen LogP contribution in [0.25, 0.3) is 0 Å². The molecule has 1 aromatic carbocycles. The van der Waals surface area contributed by atoms with Gasteiger partial charge in [-0.05, 0) is 45.0 Å².